The van der Waals surface area contributed by atoms with Crippen LogP contribution in [0.3, 0.4) is 0 Å². The zero-order valence-electron chi connectivity index (χ0n) is 20.6. The number of benzene rings is 1. The summed E-state index contributed by atoms with van der Waals surface area (Å²) in [5, 5.41) is 1.13. The summed E-state index contributed by atoms with van der Waals surface area (Å²) in [5.74, 6) is 0.260. The van der Waals surface area contributed by atoms with Crippen LogP contribution >= 0.6 is 58.3 Å². The molecule has 37 heavy (non-hydrogen) atoms. The van der Waals surface area contributed by atoms with Gasteiger partial charge in [-0.05, 0) is 64.2 Å². The molecule has 1 aliphatic heterocycles. The van der Waals surface area contributed by atoms with Crippen molar-refractivity contribution < 1.29 is 17.9 Å². The van der Waals surface area contributed by atoms with Gasteiger partial charge in [-0.1, -0.05) is 34.5 Å². The number of thiophene rings is 1. The number of carbonyl (C=O) groups excluding carboxylic acids is 1. The topological polar surface area (TPSA) is 83.0 Å². The quantitative estimate of drug-likeness (QED) is 0.313. The molecule has 4 rings (SSSR count). The van der Waals surface area contributed by atoms with Gasteiger partial charge in [-0.3, -0.25) is 9.69 Å². The van der Waals surface area contributed by atoms with E-state index in [2.05, 4.69) is 4.90 Å². The molecule has 1 aromatic carbocycles. The molecule has 1 aliphatic rings. The molecule has 0 aliphatic carbocycles. The third-order valence-electron chi connectivity index (χ3n) is 6.10. The molecular weight excluding hydrogens is 599 g/mol. The van der Waals surface area contributed by atoms with Crippen molar-refractivity contribution in [3.05, 3.63) is 33.6 Å². The van der Waals surface area contributed by atoms with Crippen molar-refractivity contribution in [1.82, 2.24) is 14.2 Å². The molecule has 0 bridgehead atoms. The molecule has 0 spiro atoms. The number of halogens is 3. The van der Waals surface area contributed by atoms with Crippen molar-refractivity contribution in [1.29, 1.82) is 0 Å². The molecule has 3 aromatic rings. The number of methoxy groups -OCH3 is 1. The first-order valence-corrected chi connectivity index (χ1v) is 15.3. The van der Waals surface area contributed by atoms with E-state index in [1.54, 1.807) is 30.2 Å². The molecule has 0 unspecified atom stereocenters. The van der Waals surface area contributed by atoms with Crippen molar-refractivity contribution in [2.45, 2.75) is 23.5 Å². The maximum atomic E-state index is 13.8. The number of amides is 1. The van der Waals surface area contributed by atoms with Crippen LogP contribution in [0, 0.1) is 5.92 Å². The molecule has 14 heteroatoms. The van der Waals surface area contributed by atoms with Gasteiger partial charge in [0.2, 0.25) is 5.91 Å². The summed E-state index contributed by atoms with van der Waals surface area (Å²) in [5.41, 5.74) is 0.630. The van der Waals surface area contributed by atoms with Gasteiger partial charge in [0.25, 0.3) is 10.0 Å². The highest BCUT2D eigenvalue weighted by atomic mass is 35.5. The van der Waals surface area contributed by atoms with Crippen LogP contribution in [0.5, 0.6) is 5.75 Å². The Labute approximate surface area is 241 Å². The lowest BCUT2D eigenvalue weighted by molar-refractivity contribution is -0.123. The van der Waals surface area contributed by atoms with Crippen LogP contribution < -0.4 is 9.64 Å². The number of thiazole rings is 1. The van der Waals surface area contributed by atoms with E-state index in [4.69, 9.17) is 32.9 Å². The fourth-order valence-electron chi connectivity index (χ4n) is 4.19. The number of ether oxygens (including phenoxy) is 1. The van der Waals surface area contributed by atoms with Gasteiger partial charge in [-0.2, -0.15) is 4.31 Å². The third kappa shape index (κ3) is 6.70. The summed E-state index contributed by atoms with van der Waals surface area (Å²) in [6.07, 6.45) is 1.65. The molecule has 0 radical (unpaired) electrons. The minimum Gasteiger partial charge on any atom is -0.494 e. The predicted molar refractivity (Wildman–Crippen MR) is 155 cm³/mol. The third-order valence-corrected chi connectivity index (χ3v) is 11.2. The van der Waals surface area contributed by atoms with E-state index in [0.29, 0.717) is 45.1 Å². The smallest absolute Gasteiger partial charge is 0.252 e. The maximum Gasteiger partial charge on any atom is 0.252 e. The highest BCUT2D eigenvalue weighted by molar-refractivity contribution is 7.91. The lowest BCUT2D eigenvalue weighted by Gasteiger charge is -2.32. The van der Waals surface area contributed by atoms with Crippen molar-refractivity contribution >= 4 is 89.6 Å². The number of piperidine rings is 1. The predicted octanol–water partition coefficient (Wildman–Crippen LogP) is 5.48. The molecule has 3 heterocycles. The molecule has 1 fully saturated rings. The highest BCUT2D eigenvalue weighted by Gasteiger charge is 2.35. The Balaban J connectivity index is 0.00000380. The van der Waals surface area contributed by atoms with Gasteiger partial charge < -0.3 is 9.64 Å². The Kier molecular flexibility index (Phi) is 10.5. The Morgan fingerprint density at radius 2 is 1.84 bits per heavy atom. The first kappa shape index (κ1) is 30.4. The first-order valence-electron chi connectivity index (χ1n) is 11.5. The highest BCUT2D eigenvalue weighted by Crippen LogP contribution is 2.39. The molecule has 1 amide bonds. The molecule has 204 valence electrons. The van der Waals surface area contributed by atoms with Crippen LogP contribution in [-0.4, -0.2) is 75.9 Å². The van der Waals surface area contributed by atoms with Crippen LogP contribution in [0.2, 0.25) is 9.36 Å². The van der Waals surface area contributed by atoms with Crippen molar-refractivity contribution in [3.63, 3.8) is 0 Å². The summed E-state index contributed by atoms with van der Waals surface area (Å²) >= 11 is 14.8. The number of sulfonamides is 1. The average Bonchev–Trinajstić information content (AvgIpc) is 3.49. The van der Waals surface area contributed by atoms with E-state index in [1.165, 1.54) is 21.7 Å². The molecule has 2 aromatic heterocycles. The van der Waals surface area contributed by atoms with Gasteiger partial charge in [0, 0.05) is 25.6 Å². The molecular formula is C23H29Cl3N4O4S3. The van der Waals surface area contributed by atoms with E-state index in [0.717, 1.165) is 29.0 Å². The zero-order chi connectivity index (χ0) is 26.0. The fourth-order valence-corrected chi connectivity index (χ4v) is 8.59. The van der Waals surface area contributed by atoms with E-state index < -0.39 is 10.0 Å². The number of nitrogens with zero attached hydrogens (tertiary/aromatic N) is 4. The molecule has 0 N–H and O–H groups in total. The normalized spacial score (nSPS) is 15.2. The first-order chi connectivity index (χ1) is 17.1. The summed E-state index contributed by atoms with van der Waals surface area (Å²) in [7, 11) is 1.94. The number of anilines is 1. The van der Waals surface area contributed by atoms with Gasteiger partial charge in [0.1, 0.15) is 15.5 Å². The van der Waals surface area contributed by atoms with Crippen molar-refractivity contribution in [2.24, 2.45) is 5.92 Å². The standard InChI is InChI=1S/C23H28Cl2N4O4S3.ClH/c1-27(2)11-4-12-29(23-26-20-17(33-3)6-5-16(24)21(20)35-23)22(30)15-9-13-28(14-10-15)36(31,32)19-8-7-18(25)34-19;/h5-8,15H,4,9-14H2,1-3H3;1H. The van der Waals surface area contributed by atoms with E-state index in [-0.39, 0.29) is 41.5 Å². The van der Waals surface area contributed by atoms with E-state index in [1.807, 2.05) is 14.1 Å². The number of rotatable bonds is 9. The van der Waals surface area contributed by atoms with Crippen LogP contribution in [0.15, 0.2) is 28.5 Å². The lowest BCUT2D eigenvalue weighted by atomic mass is 9.96. The van der Waals surface area contributed by atoms with Gasteiger partial charge in [-0.15, -0.1) is 23.7 Å². The second-order valence-electron chi connectivity index (χ2n) is 8.81. The molecule has 8 nitrogen and oxygen atoms in total. The van der Waals surface area contributed by atoms with Crippen LogP contribution in [-0.2, 0) is 14.8 Å². The van der Waals surface area contributed by atoms with E-state index in [9.17, 15) is 13.2 Å². The SMILES string of the molecule is COc1ccc(Cl)c2sc(N(CCCN(C)C)C(=O)C3CCN(S(=O)(=O)c4ccc(Cl)s4)CC3)nc12.Cl. The summed E-state index contributed by atoms with van der Waals surface area (Å²) in [6.45, 7) is 1.88. The summed E-state index contributed by atoms with van der Waals surface area (Å²) in [6, 6.07) is 6.64. The maximum absolute atomic E-state index is 13.8. The number of carbonyl (C=O) groups is 1. The Morgan fingerprint density at radius 3 is 2.43 bits per heavy atom. The van der Waals surface area contributed by atoms with E-state index >= 15 is 0 Å². The molecule has 0 saturated carbocycles. The number of fused-ring (bicyclic) bond motifs is 1. The largest absolute Gasteiger partial charge is 0.494 e. The fraction of sp³-hybridized carbons (Fsp3) is 0.478. The Bertz CT molecular complexity index is 1340. The van der Waals surface area contributed by atoms with Gasteiger partial charge in [-0.25, -0.2) is 13.4 Å². The number of hydrogen-bond donors (Lipinski definition) is 0. The van der Waals surface area contributed by atoms with Crippen LogP contribution in [0.4, 0.5) is 5.13 Å². The number of aromatic nitrogens is 1. The average molecular weight is 628 g/mol. The second-order valence-corrected chi connectivity index (χ2v) is 14.1. The van der Waals surface area contributed by atoms with Gasteiger partial charge in [0.05, 0.1) is 21.2 Å². The van der Waals surface area contributed by atoms with Crippen LogP contribution in [0.25, 0.3) is 10.2 Å². The Hall–Kier alpha value is -1.18. The van der Waals surface area contributed by atoms with Crippen molar-refractivity contribution in [3.8, 4) is 5.75 Å². The lowest BCUT2D eigenvalue weighted by Crippen LogP contribution is -2.45. The monoisotopic (exact) mass is 626 g/mol. The van der Waals surface area contributed by atoms with Crippen LogP contribution in [0.1, 0.15) is 19.3 Å². The second kappa shape index (κ2) is 12.8. The molecule has 0 atom stereocenters. The minimum absolute atomic E-state index is 0. The minimum atomic E-state index is -3.62. The molecule has 1 saturated heterocycles. The summed E-state index contributed by atoms with van der Waals surface area (Å²) < 4.78 is 34.3. The zero-order valence-corrected chi connectivity index (χ0v) is 25.4. The van der Waals surface area contributed by atoms with Crippen molar-refractivity contribution in [2.75, 3.05) is 52.3 Å². The van der Waals surface area contributed by atoms with Gasteiger partial charge >= 0.3 is 0 Å². The summed E-state index contributed by atoms with van der Waals surface area (Å²) in [4.78, 5) is 22.3. The van der Waals surface area contributed by atoms with Gasteiger partial charge in [0.15, 0.2) is 5.13 Å². The number of hydrogen-bond acceptors (Lipinski definition) is 8. The Morgan fingerprint density at radius 1 is 1.14 bits per heavy atom.